The second kappa shape index (κ2) is 10.7. The van der Waals surface area contributed by atoms with Gasteiger partial charge in [0.15, 0.2) is 6.61 Å². The first-order chi connectivity index (χ1) is 16.1. The van der Waals surface area contributed by atoms with Gasteiger partial charge in [-0.05, 0) is 80.3 Å². The summed E-state index contributed by atoms with van der Waals surface area (Å²) in [7, 11) is -4.17. The zero-order chi connectivity index (χ0) is 24.9. The van der Waals surface area contributed by atoms with Crippen LogP contribution in [0.5, 0.6) is 11.5 Å². The van der Waals surface area contributed by atoms with E-state index >= 15 is 0 Å². The number of carbonyl (C=O) groups excluding carboxylic acids is 1. The minimum absolute atomic E-state index is 0.0266. The van der Waals surface area contributed by atoms with Crippen molar-refractivity contribution in [3.05, 3.63) is 83.4 Å². The van der Waals surface area contributed by atoms with Crippen molar-refractivity contribution in [2.45, 2.75) is 45.4 Å². The number of anilines is 1. The SMILES string of the molecule is CCOc1ccc(N(C(=O)COc2cc(C)ccc2C(C)C)S(=O)(=O)c2ccc(C)cc2)cc1. The number of benzene rings is 3. The molecule has 0 radical (unpaired) electrons. The normalized spacial score (nSPS) is 11.4. The summed E-state index contributed by atoms with van der Waals surface area (Å²) in [5.41, 5.74) is 3.07. The molecule has 7 heteroatoms. The van der Waals surface area contributed by atoms with Crippen LogP contribution in [0.2, 0.25) is 0 Å². The molecule has 180 valence electrons. The quantitative estimate of drug-likeness (QED) is 0.396. The van der Waals surface area contributed by atoms with Crippen molar-refractivity contribution < 1.29 is 22.7 Å². The minimum Gasteiger partial charge on any atom is -0.494 e. The van der Waals surface area contributed by atoms with Gasteiger partial charge in [-0.15, -0.1) is 0 Å². The lowest BCUT2D eigenvalue weighted by Gasteiger charge is -2.24. The van der Waals surface area contributed by atoms with Gasteiger partial charge in [0.25, 0.3) is 15.9 Å². The molecule has 1 amide bonds. The third kappa shape index (κ3) is 5.78. The highest BCUT2D eigenvalue weighted by Crippen LogP contribution is 2.29. The van der Waals surface area contributed by atoms with Crippen LogP contribution in [-0.4, -0.2) is 27.5 Å². The highest BCUT2D eigenvalue weighted by molar-refractivity contribution is 7.93. The first kappa shape index (κ1) is 25.3. The molecule has 0 N–H and O–H groups in total. The molecular formula is C27H31NO5S. The Kier molecular flexibility index (Phi) is 7.99. The van der Waals surface area contributed by atoms with E-state index in [1.54, 1.807) is 36.4 Å². The second-order valence-corrected chi connectivity index (χ2v) is 10.2. The van der Waals surface area contributed by atoms with Crippen LogP contribution in [0.25, 0.3) is 0 Å². The summed E-state index contributed by atoms with van der Waals surface area (Å²) in [5.74, 6) is 0.650. The maximum Gasteiger partial charge on any atom is 0.278 e. The second-order valence-electron chi connectivity index (χ2n) is 8.39. The van der Waals surface area contributed by atoms with Crippen LogP contribution >= 0.6 is 0 Å². The molecule has 0 saturated heterocycles. The Hall–Kier alpha value is -3.32. The highest BCUT2D eigenvalue weighted by atomic mass is 32.2. The molecule has 0 heterocycles. The fourth-order valence-electron chi connectivity index (χ4n) is 3.52. The van der Waals surface area contributed by atoms with E-state index in [-0.39, 0.29) is 16.5 Å². The van der Waals surface area contributed by atoms with Gasteiger partial charge in [-0.25, -0.2) is 8.42 Å². The van der Waals surface area contributed by atoms with E-state index in [0.29, 0.717) is 18.1 Å². The first-order valence-electron chi connectivity index (χ1n) is 11.2. The van der Waals surface area contributed by atoms with Crippen molar-refractivity contribution in [3.63, 3.8) is 0 Å². The van der Waals surface area contributed by atoms with Crippen molar-refractivity contribution in [1.82, 2.24) is 0 Å². The average molecular weight is 482 g/mol. The zero-order valence-electron chi connectivity index (χ0n) is 20.2. The fraction of sp³-hybridized carbons (Fsp3) is 0.296. The summed E-state index contributed by atoms with van der Waals surface area (Å²) in [6.07, 6.45) is 0. The summed E-state index contributed by atoms with van der Waals surface area (Å²) in [6.45, 7) is 9.79. The average Bonchev–Trinajstić information content (AvgIpc) is 2.79. The van der Waals surface area contributed by atoms with E-state index in [4.69, 9.17) is 9.47 Å². The van der Waals surface area contributed by atoms with Crippen LogP contribution < -0.4 is 13.8 Å². The van der Waals surface area contributed by atoms with Crippen LogP contribution in [0.4, 0.5) is 5.69 Å². The Morgan fingerprint density at radius 2 is 1.50 bits per heavy atom. The molecule has 0 aliphatic carbocycles. The van der Waals surface area contributed by atoms with E-state index in [9.17, 15) is 13.2 Å². The Morgan fingerprint density at radius 3 is 2.09 bits per heavy atom. The molecule has 0 atom stereocenters. The summed E-state index contributed by atoms with van der Waals surface area (Å²) >= 11 is 0. The molecule has 6 nitrogen and oxygen atoms in total. The number of amides is 1. The van der Waals surface area contributed by atoms with Crippen LogP contribution in [0, 0.1) is 13.8 Å². The summed E-state index contributed by atoms with van der Waals surface area (Å²) < 4.78 is 39.2. The van der Waals surface area contributed by atoms with Gasteiger partial charge in [-0.3, -0.25) is 4.79 Å². The summed E-state index contributed by atoms with van der Waals surface area (Å²) in [5, 5.41) is 0. The van der Waals surface area contributed by atoms with Crippen molar-refractivity contribution in [1.29, 1.82) is 0 Å². The maximum atomic E-state index is 13.6. The Labute approximate surface area is 202 Å². The van der Waals surface area contributed by atoms with Crippen LogP contribution in [0.15, 0.2) is 71.6 Å². The van der Waals surface area contributed by atoms with Crippen LogP contribution in [-0.2, 0) is 14.8 Å². The van der Waals surface area contributed by atoms with Crippen molar-refractivity contribution in [3.8, 4) is 11.5 Å². The third-order valence-electron chi connectivity index (χ3n) is 5.31. The molecule has 3 aromatic rings. The molecule has 0 fully saturated rings. The molecule has 0 bridgehead atoms. The molecule has 0 aliphatic rings. The molecule has 34 heavy (non-hydrogen) atoms. The number of aryl methyl sites for hydroxylation is 2. The Morgan fingerprint density at radius 1 is 0.882 bits per heavy atom. The van der Waals surface area contributed by atoms with Crippen molar-refractivity contribution >= 4 is 21.6 Å². The van der Waals surface area contributed by atoms with Gasteiger partial charge in [-0.2, -0.15) is 4.31 Å². The van der Waals surface area contributed by atoms with E-state index in [1.165, 1.54) is 12.1 Å². The van der Waals surface area contributed by atoms with Gasteiger partial charge in [0.05, 0.1) is 17.2 Å². The topological polar surface area (TPSA) is 72.9 Å². The molecule has 0 saturated carbocycles. The van der Waals surface area contributed by atoms with Gasteiger partial charge >= 0.3 is 0 Å². The standard InChI is InChI=1S/C27H31NO5S/c1-6-32-23-12-10-22(11-13-23)28(34(30,31)24-14-7-20(4)8-15-24)27(29)18-33-26-17-21(5)9-16-25(26)19(2)3/h7-17,19H,6,18H2,1-5H3. The summed E-state index contributed by atoms with van der Waals surface area (Å²) in [4.78, 5) is 13.4. The van der Waals surface area contributed by atoms with E-state index in [1.807, 2.05) is 52.8 Å². The van der Waals surface area contributed by atoms with Gasteiger partial charge in [0.1, 0.15) is 11.5 Å². The lowest BCUT2D eigenvalue weighted by Crippen LogP contribution is -2.40. The van der Waals surface area contributed by atoms with Crippen LogP contribution in [0.3, 0.4) is 0 Å². The van der Waals surface area contributed by atoms with E-state index < -0.39 is 22.5 Å². The van der Waals surface area contributed by atoms with E-state index in [0.717, 1.165) is 21.0 Å². The predicted octanol–water partition coefficient (Wildman–Crippen LogP) is 5.63. The van der Waals surface area contributed by atoms with Gasteiger partial charge < -0.3 is 9.47 Å². The summed E-state index contributed by atoms with van der Waals surface area (Å²) in [6, 6.07) is 18.6. The highest BCUT2D eigenvalue weighted by Gasteiger charge is 2.31. The van der Waals surface area contributed by atoms with E-state index in [2.05, 4.69) is 0 Å². The van der Waals surface area contributed by atoms with Crippen molar-refractivity contribution in [2.24, 2.45) is 0 Å². The Bertz CT molecular complexity index is 1230. The lowest BCUT2D eigenvalue weighted by molar-refractivity contribution is -0.119. The van der Waals surface area contributed by atoms with Gasteiger partial charge in [-0.1, -0.05) is 43.7 Å². The van der Waals surface area contributed by atoms with Gasteiger partial charge in [0, 0.05) is 0 Å². The lowest BCUT2D eigenvalue weighted by atomic mass is 10.0. The van der Waals surface area contributed by atoms with Crippen LogP contribution in [0.1, 0.15) is 43.4 Å². The van der Waals surface area contributed by atoms with Gasteiger partial charge in [0.2, 0.25) is 0 Å². The minimum atomic E-state index is -4.17. The number of carbonyl (C=O) groups is 1. The number of sulfonamides is 1. The monoisotopic (exact) mass is 481 g/mol. The van der Waals surface area contributed by atoms with Crippen molar-refractivity contribution in [2.75, 3.05) is 17.5 Å². The first-order valence-corrected chi connectivity index (χ1v) is 12.7. The smallest absolute Gasteiger partial charge is 0.278 e. The zero-order valence-corrected chi connectivity index (χ0v) is 21.1. The maximum absolute atomic E-state index is 13.6. The number of hydrogen-bond acceptors (Lipinski definition) is 5. The number of nitrogens with zero attached hydrogens (tertiary/aromatic N) is 1. The molecule has 0 aromatic heterocycles. The molecule has 0 unspecified atom stereocenters. The number of hydrogen-bond donors (Lipinski definition) is 0. The third-order valence-corrected chi connectivity index (χ3v) is 7.07. The predicted molar refractivity (Wildman–Crippen MR) is 134 cm³/mol. The molecule has 3 rings (SSSR count). The molecule has 0 spiro atoms. The molecule has 0 aliphatic heterocycles. The fourth-order valence-corrected chi connectivity index (χ4v) is 4.93. The Balaban J connectivity index is 1.97. The largest absolute Gasteiger partial charge is 0.494 e. The number of rotatable bonds is 9. The molecule has 3 aromatic carbocycles. The number of ether oxygens (including phenoxy) is 2. The molecular weight excluding hydrogens is 450 g/mol.